The van der Waals surface area contributed by atoms with Gasteiger partial charge >= 0.3 is 0 Å². The van der Waals surface area contributed by atoms with E-state index in [9.17, 15) is 0 Å². The van der Waals surface area contributed by atoms with Crippen molar-refractivity contribution in [1.29, 1.82) is 0 Å². The molecule has 1 aliphatic rings. The summed E-state index contributed by atoms with van der Waals surface area (Å²) in [6.07, 6.45) is 7.87. The Morgan fingerprint density at radius 3 is 2.67 bits per heavy atom. The van der Waals surface area contributed by atoms with Gasteiger partial charge in [0, 0.05) is 5.39 Å². The highest BCUT2D eigenvalue weighted by Gasteiger charge is 2.27. The van der Waals surface area contributed by atoms with Crippen LogP contribution in [0.25, 0.3) is 11.0 Å². The molecular formula is C19H27NO. The van der Waals surface area contributed by atoms with E-state index in [4.69, 9.17) is 10.2 Å². The highest BCUT2D eigenvalue weighted by atomic mass is 16.3. The Hall–Kier alpha value is -1.28. The minimum atomic E-state index is 0.0558. The second-order valence-corrected chi connectivity index (χ2v) is 6.79. The SMILES string of the molecule is CCCC1CCC(C(N)c2cc3cc(C)ccc3o2)CC1. The zero-order valence-corrected chi connectivity index (χ0v) is 13.3. The molecule has 1 aliphatic carbocycles. The molecule has 0 spiro atoms. The summed E-state index contributed by atoms with van der Waals surface area (Å²) >= 11 is 0. The number of hydrogen-bond donors (Lipinski definition) is 1. The van der Waals surface area contributed by atoms with E-state index in [1.807, 2.05) is 0 Å². The third-order valence-electron chi connectivity index (χ3n) is 5.12. The Morgan fingerprint density at radius 1 is 1.19 bits per heavy atom. The molecule has 1 aromatic heterocycles. The van der Waals surface area contributed by atoms with Gasteiger partial charge in [-0.15, -0.1) is 0 Å². The standard InChI is InChI=1S/C19H27NO/c1-3-4-14-6-8-15(9-7-14)19(20)18-12-16-11-13(2)5-10-17(16)21-18/h5,10-12,14-15,19H,3-4,6-9,20H2,1-2H3. The zero-order chi connectivity index (χ0) is 14.8. The van der Waals surface area contributed by atoms with Crippen molar-refractivity contribution in [1.82, 2.24) is 0 Å². The number of aryl methyl sites for hydroxylation is 1. The molecule has 0 bridgehead atoms. The van der Waals surface area contributed by atoms with Gasteiger partial charge in [-0.05, 0) is 49.8 Å². The van der Waals surface area contributed by atoms with Gasteiger partial charge in [0.05, 0.1) is 6.04 Å². The van der Waals surface area contributed by atoms with E-state index in [2.05, 4.69) is 38.1 Å². The molecule has 1 saturated carbocycles. The van der Waals surface area contributed by atoms with Crippen LogP contribution in [0.5, 0.6) is 0 Å². The van der Waals surface area contributed by atoms with Crippen molar-refractivity contribution in [2.45, 2.75) is 58.4 Å². The molecule has 2 aromatic rings. The lowest BCUT2D eigenvalue weighted by molar-refractivity contribution is 0.223. The Kier molecular flexibility index (Phi) is 4.34. The van der Waals surface area contributed by atoms with Crippen LogP contribution in [-0.4, -0.2) is 0 Å². The molecule has 114 valence electrons. The monoisotopic (exact) mass is 285 g/mol. The quantitative estimate of drug-likeness (QED) is 0.822. The van der Waals surface area contributed by atoms with Crippen molar-refractivity contribution in [3.05, 3.63) is 35.6 Å². The van der Waals surface area contributed by atoms with E-state index in [1.54, 1.807) is 0 Å². The fourth-order valence-electron chi connectivity index (χ4n) is 3.82. The number of benzene rings is 1. The van der Waals surface area contributed by atoms with Gasteiger partial charge < -0.3 is 10.2 Å². The van der Waals surface area contributed by atoms with E-state index in [-0.39, 0.29) is 6.04 Å². The summed E-state index contributed by atoms with van der Waals surface area (Å²) in [6, 6.07) is 8.52. The lowest BCUT2D eigenvalue weighted by Gasteiger charge is -2.31. The number of furan rings is 1. The lowest BCUT2D eigenvalue weighted by atomic mass is 9.77. The van der Waals surface area contributed by atoms with Gasteiger partial charge in [0.2, 0.25) is 0 Å². The first kappa shape index (κ1) is 14.6. The zero-order valence-electron chi connectivity index (χ0n) is 13.3. The molecule has 1 fully saturated rings. The molecular weight excluding hydrogens is 258 g/mol. The molecule has 0 aliphatic heterocycles. The van der Waals surface area contributed by atoms with E-state index in [1.165, 1.54) is 49.5 Å². The third kappa shape index (κ3) is 3.16. The van der Waals surface area contributed by atoms with Crippen molar-refractivity contribution in [2.24, 2.45) is 17.6 Å². The van der Waals surface area contributed by atoms with Gasteiger partial charge in [0.1, 0.15) is 11.3 Å². The van der Waals surface area contributed by atoms with Crippen molar-refractivity contribution < 1.29 is 4.42 Å². The molecule has 3 rings (SSSR count). The van der Waals surface area contributed by atoms with Crippen LogP contribution in [0, 0.1) is 18.8 Å². The summed E-state index contributed by atoms with van der Waals surface area (Å²) in [5.41, 5.74) is 8.73. The summed E-state index contributed by atoms with van der Waals surface area (Å²) in [6.45, 7) is 4.40. The van der Waals surface area contributed by atoms with Gasteiger partial charge in [0.15, 0.2) is 0 Å². The second-order valence-electron chi connectivity index (χ2n) is 6.79. The Balaban J connectivity index is 1.70. The third-order valence-corrected chi connectivity index (χ3v) is 5.12. The molecule has 21 heavy (non-hydrogen) atoms. The summed E-state index contributed by atoms with van der Waals surface area (Å²) in [7, 11) is 0. The van der Waals surface area contributed by atoms with E-state index in [0.717, 1.165) is 17.3 Å². The van der Waals surface area contributed by atoms with Gasteiger partial charge in [-0.25, -0.2) is 0 Å². The molecule has 0 amide bonds. The minimum Gasteiger partial charge on any atom is -0.459 e. The highest BCUT2D eigenvalue weighted by Crippen LogP contribution is 2.38. The Morgan fingerprint density at radius 2 is 1.95 bits per heavy atom. The predicted octanol–water partition coefficient (Wildman–Crippen LogP) is 5.35. The maximum atomic E-state index is 6.50. The Labute approximate surface area is 127 Å². The summed E-state index contributed by atoms with van der Waals surface area (Å²) in [5.74, 6) is 2.48. The Bertz CT molecular complexity index is 593. The average Bonchev–Trinajstić information content (AvgIpc) is 2.90. The molecule has 1 aromatic carbocycles. The topological polar surface area (TPSA) is 39.2 Å². The number of nitrogens with two attached hydrogens (primary N) is 1. The van der Waals surface area contributed by atoms with Gasteiger partial charge in [-0.1, -0.05) is 44.2 Å². The van der Waals surface area contributed by atoms with Crippen LogP contribution in [-0.2, 0) is 0 Å². The molecule has 1 heterocycles. The largest absolute Gasteiger partial charge is 0.459 e. The van der Waals surface area contributed by atoms with E-state index >= 15 is 0 Å². The highest BCUT2D eigenvalue weighted by molar-refractivity contribution is 5.78. The fraction of sp³-hybridized carbons (Fsp3) is 0.579. The first-order valence-electron chi connectivity index (χ1n) is 8.43. The van der Waals surface area contributed by atoms with Crippen molar-refractivity contribution in [3.8, 4) is 0 Å². The normalized spacial score (nSPS) is 24.3. The number of rotatable bonds is 4. The minimum absolute atomic E-state index is 0.0558. The summed E-state index contributed by atoms with van der Waals surface area (Å²) in [4.78, 5) is 0. The smallest absolute Gasteiger partial charge is 0.134 e. The van der Waals surface area contributed by atoms with Gasteiger partial charge in [0.25, 0.3) is 0 Å². The molecule has 0 radical (unpaired) electrons. The number of fused-ring (bicyclic) bond motifs is 1. The van der Waals surface area contributed by atoms with Crippen molar-refractivity contribution in [3.63, 3.8) is 0 Å². The molecule has 0 saturated heterocycles. The first-order valence-corrected chi connectivity index (χ1v) is 8.43. The van der Waals surface area contributed by atoms with Gasteiger partial charge in [-0.3, -0.25) is 0 Å². The van der Waals surface area contributed by atoms with Gasteiger partial charge in [-0.2, -0.15) is 0 Å². The van der Waals surface area contributed by atoms with Crippen LogP contribution in [0.15, 0.2) is 28.7 Å². The van der Waals surface area contributed by atoms with Crippen LogP contribution < -0.4 is 5.73 Å². The van der Waals surface area contributed by atoms with Crippen LogP contribution in [0.4, 0.5) is 0 Å². The van der Waals surface area contributed by atoms with Crippen molar-refractivity contribution in [2.75, 3.05) is 0 Å². The van der Waals surface area contributed by atoms with E-state index < -0.39 is 0 Å². The first-order chi connectivity index (χ1) is 10.2. The molecule has 1 atom stereocenters. The molecule has 2 heteroatoms. The lowest BCUT2D eigenvalue weighted by Crippen LogP contribution is -2.25. The van der Waals surface area contributed by atoms with Crippen LogP contribution >= 0.6 is 0 Å². The average molecular weight is 285 g/mol. The van der Waals surface area contributed by atoms with Crippen LogP contribution in [0.3, 0.4) is 0 Å². The van der Waals surface area contributed by atoms with Crippen molar-refractivity contribution >= 4 is 11.0 Å². The second kappa shape index (κ2) is 6.23. The fourth-order valence-corrected chi connectivity index (χ4v) is 3.82. The van der Waals surface area contributed by atoms with E-state index in [0.29, 0.717) is 5.92 Å². The number of hydrogen-bond acceptors (Lipinski definition) is 2. The molecule has 2 N–H and O–H groups in total. The molecule has 2 nitrogen and oxygen atoms in total. The summed E-state index contributed by atoms with van der Waals surface area (Å²) in [5, 5.41) is 1.18. The van der Waals surface area contributed by atoms with Crippen LogP contribution in [0.1, 0.15) is 62.8 Å². The maximum absolute atomic E-state index is 6.50. The van der Waals surface area contributed by atoms with Crippen LogP contribution in [0.2, 0.25) is 0 Å². The predicted molar refractivity (Wildman–Crippen MR) is 88.2 cm³/mol. The summed E-state index contributed by atoms with van der Waals surface area (Å²) < 4.78 is 5.99. The maximum Gasteiger partial charge on any atom is 0.134 e. The molecule has 1 unspecified atom stereocenters.